The van der Waals surface area contributed by atoms with Crippen LogP contribution in [-0.2, 0) is 11.2 Å². The lowest BCUT2D eigenvalue weighted by Gasteiger charge is -2.17. The average molecular weight is 312 g/mol. The Kier molecular flexibility index (Phi) is 6.63. The molecule has 1 amide bonds. The zero-order valence-electron chi connectivity index (χ0n) is 13.8. The van der Waals surface area contributed by atoms with Gasteiger partial charge in [-0.3, -0.25) is 4.79 Å². The molecule has 0 bridgehead atoms. The van der Waals surface area contributed by atoms with Gasteiger partial charge in [-0.25, -0.2) is 0 Å². The third-order valence-electron chi connectivity index (χ3n) is 3.76. The Morgan fingerprint density at radius 1 is 1.09 bits per heavy atom. The molecule has 0 saturated heterocycles. The van der Waals surface area contributed by atoms with E-state index >= 15 is 0 Å². The molecule has 4 nitrogen and oxygen atoms in total. The van der Waals surface area contributed by atoms with E-state index in [1.807, 2.05) is 55.6 Å². The Morgan fingerprint density at radius 2 is 1.87 bits per heavy atom. The van der Waals surface area contributed by atoms with Gasteiger partial charge in [-0.2, -0.15) is 0 Å². The first-order valence-corrected chi connectivity index (χ1v) is 7.86. The van der Waals surface area contributed by atoms with Crippen LogP contribution in [0.25, 0.3) is 0 Å². The molecule has 122 valence electrons. The number of carbonyl (C=O) groups is 1. The predicted octanol–water partition coefficient (Wildman–Crippen LogP) is 2.88. The standard InChI is InChI=1S/C19H24N2O2/c1-21(17-8-4-3-5-9-17)19(22)12-14-20-13-11-16-7-6-10-18(15-16)23-2/h3-10,15,20H,11-14H2,1-2H3. The Hall–Kier alpha value is -2.33. The Labute approximate surface area is 138 Å². The first-order valence-electron chi connectivity index (χ1n) is 7.86. The molecule has 2 rings (SSSR count). The summed E-state index contributed by atoms with van der Waals surface area (Å²) in [5.41, 5.74) is 2.15. The number of hydrogen-bond acceptors (Lipinski definition) is 3. The number of anilines is 1. The van der Waals surface area contributed by atoms with E-state index in [0.29, 0.717) is 13.0 Å². The van der Waals surface area contributed by atoms with E-state index in [1.165, 1.54) is 5.56 Å². The normalized spacial score (nSPS) is 10.3. The van der Waals surface area contributed by atoms with Crippen LogP contribution in [0.4, 0.5) is 5.69 Å². The summed E-state index contributed by atoms with van der Waals surface area (Å²) in [5, 5.41) is 3.32. The van der Waals surface area contributed by atoms with Crippen molar-refractivity contribution in [2.24, 2.45) is 0 Å². The van der Waals surface area contributed by atoms with Crippen LogP contribution in [0.1, 0.15) is 12.0 Å². The van der Waals surface area contributed by atoms with Crippen molar-refractivity contribution in [3.63, 3.8) is 0 Å². The topological polar surface area (TPSA) is 41.6 Å². The molecule has 0 unspecified atom stereocenters. The first kappa shape index (κ1) is 17.0. The summed E-state index contributed by atoms with van der Waals surface area (Å²) in [6.45, 7) is 1.52. The lowest BCUT2D eigenvalue weighted by atomic mass is 10.1. The molecule has 0 radical (unpaired) electrons. The molecule has 0 fully saturated rings. The average Bonchev–Trinajstić information content (AvgIpc) is 2.61. The summed E-state index contributed by atoms with van der Waals surface area (Å²) in [7, 11) is 3.49. The van der Waals surface area contributed by atoms with Crippen LogP contribution < -0.4 is 15.0 Å². The summed E-state index contributed by atoms with van der Waals surface area (Å²) in [6, 6.07) is 17.7. The zero-order chi connectivity index (χ0) is 16.5. The molecule has 0 saturated carbocycles. The molecule has 0 atom stereocenters. The maximum atomic E-state index is 12.1. The highest BCUT2D eigenvalue weighted by molar-refractivity contribution is 5.92. The van der Waals surface area contributed by atoms with Gasteiger partial charge in [0.05, 0.1) is 7.11 Å². The minimum atomic E-state index is 0.116. The fraction of sp³-hybridized carbons (Fsp3) is 0.316. The van der Waals surface area contributed by atoms with Crippen molar-refractivity contribution in [1.29, 1.82) is 0 Å². The summed E-state index contributed by atoms with van der Waals surface area (Å²) in [5.74, 6) is 0.993. The van der Waals surface area contributed by atoms with Crippen molar-refractivity contribution < 1.29 is 9.53 Å². The molecule has 0 aliphatic heterocycles. The predicted molar refractivity (Wildman–Crippen MR) is 94.0 cm³/mol. The van der Waals surface area contributed by atoms with Crippen LogP contribution in [-0.4, -0.2) is 33.2 Å². The van der Waals surface area contributed by atoms with Gasteiger partial charge < -0.3 is 15.0 Å². The third kappa shape index (κ3) is 5.42. The Morgan fingerprint density at radius 3 is 2.61 bits per heavy atom. The number of rotatable bonds is 8. The number of nitrogens with one attached hydrogen (secondary N) is 1. The number of benzene rings is 2. The van der Waals surface area contributed by atoms with Crippen LogP contribution in [0, 0.1) is 0 Å². The van der Waals surface area contributed by atoms with E-state index in [-0.39, 0.29) is 5.91 Å². The second kappa shape index (κ2) is 8.96. The largest absolute Gasteiger partial charge is 0.497 e. The number of ether oxygens (including phenoxy) is 1. The quantitative estimate of drug-likeness (QED) is 0.762. The van der Waals surface area contributed by atoms with Gasteiger partial charge in [0.15, 0.2) is 0 Å². The molecule has 23 heavy (non-hydrogen) atoms. The molecule has 0 aliphatic rings. The maximum Gasteiger partial charge on any atom is 0.227 e. The maximum absolute atomic E-state index is 12.1. The number of carbonyl (C=O) groups excluding carboxylic acids is 1. The van der Waals surface area contributed by atoms with E-state index < -0.39 is 0 Å². The van der Waals surface area contributed by atoms with Gasteiger partial charge in [0, 0.05) is 25.7 Å². The summed E-state index contributed by atoms with van der Waals surface area (Å²) < 4.78 is 5.21. The van der Waals surface area contributed by atoms with Crippen LogP contribution in [0.3, 0.4) is 0 Å². The van der Waals surface area contributed by atoms with E-state index in [4.69, 9.17) is 4.74 Å². The monoisotopic (exact) mass is 312 g/mol. The van der Waals surface area contributed by atoms with Crippen molar-refractivity contribution in [2.75, 3.05) is 32.1 Å². The number of hydrogen-bond donors (Lipinski definition) is 1. The molecule has 0 aliphatic carbocycles. The van der Waals surface area contributed by atoms with E-state index in [2.05, 4.69) is 11.4 Å². The highest BCUT2D eigenvalue weighted by Gasteiger charge is 2.09. The van der Waals surface area contributed by atoms with Crippen molar-refractivity contribution in [1.82, 2.24) is 5.32 Å². The number of methoxy groups -OCH3 is 1. The van der Waals surface area contributed by atoms with E-state index in [1.54, 1.807) is 12.0 Å². The van der Waals surface area contributed by atoms with Crippen molar-refractivity contribution in [3.8, 4) is 5.75 Å². The molecular formula is C19H24N2O2. The van der Waals surface area contributed by atoms with Gasteiger partial charge in [-0.15, -0.1) is 0 Å². The molecular weight excluding hydrogens is 288 g/mol. The summed E-state index contributed by atoms with van der Waals surface area (Å²) in [6.07, 6.45) is 1.41. The number of nitrogens with zero attached hydrogens (tertiary/aromatic N) is 1. The smallest absolute Gasteiger partial charge is 0.227 e. The SMILES string of the molecule is COc1cccc(CCNCCC(=O)N(C)c2ccccc2)c1. The van der Waals surface area contributed by atoms with Crippen LogP contribution in [0.2, 0.25) is 0 Å². The van der Waals surface area contributed by atoms with E-state index in [0.717, 1.165) is 24.4 Å². The molecule has 0 spiro atoms. The van der Waals surface area contributed by atoms with Crippen molar-refractivity contribution in [3.05, 3.63) is 60.2 Å². The van der Waals surface area contributed by atoms with Crippen LogP contribution >= 0.6 is 0 Å². The minimum Gasteiger partial charge on any atom is -0.497 e. The molecule has 2 aromatic carbocycles. The lowest BCUT2D eigenvalue weighted by molar-refractivity contribution is -0.118. The summed E-state index contributed by atoms with van der Waals surface area (Å²) in [4.78, 5) is 13.8. The van der Waals surface area contributed by atoms with E-state index in [9.17, 15) is 4.79 Å². The molecule has 2 aromatic rings. The molecule has 4 heteroatoms. The Bertz CT molecular complexity index is 614. The second-order valence-corrected chi connectivity index (χ2v) is 5.39. The minimum absolute atomic E-state index is 0.116. The number of para-hydroxylation sites is 1. The van der Waals surface area contributed by atoms with Gasteiger partial charge >= 0.3 is 0 Å². The zero-order valence-corrected chi connectivity index (χ0v) is 13.8. The number of amides is 1. The lowest BCUT2D eigenvalue weighted by Crippen LogP contribution is -2.30. The van der Waals surface area contributed by atoms with Crippen molar-refractivity contribution in [2.45, 2.75) is 12.8 Å². The van der Waals surface area contributed by atoms with Gasteiger partial charge in [0.2, 0.25) is 5.91 Å². The highest BCUT2D eigenvalue weighted by atomic mass is 16.5. The molecule has 0 aromatic heterocycles. The fourth-order valence-electron chi connectivity index (χ4n) is 2.34. The van der Waals surface area contributed by atoms with Crippen molar-refractivity contribution >= 4 is 11.6 Å². The summed E-state index contributed by atoms with van der Waals surface area (Å²) >= 11 is 0. The van der Waals surface area contributed by atoms with Gasteiger partial charge in [-0.05, 0) is 42.8 Å². The third-order valence-corrected chi connectivity index (χ3v) is 3.76. The van der Waals surface area contributed by atoms with Gasteiger partial charge in [-0.1, -0.05) is 30.3 Å². The fourth-order valence-corrected chi connectivity index (χ4v) is 2.34. The van der Waals surface area contributed by atoms with Crippen LogP contribution in [0.15, 0.2) is 54.6 Å². The van der Waals surface area contributed by atoms with Gasteiger partial charge in [0.25, 0.3) is 0 Å². The highest BCUT2D eigenvalue weighted by Crippen LogP contribution is 2.13. The second-order valence-electron chi connectivity index (χ2n) is 5.39. The molecule has 1 N–H and O–H groups in total. The first-order chi connectivity index (χ1) is 11.2. The Balaban J connectivity index is 1.68. The molecule has 0 heterocycles. The van der Waals surface area contributed by atoms with Gasteiger partial charge in [0.1, 0.15) is 5.75 Å². The van der Waals surface area contributed by atoms with Crippen LogP contribution in [0.5, 0.6) is 5.75 Å².